The van der Waals surface area contributed by atoms with Crippen molar-refractivity contribution in [3.05, 3.63) is 46.6 Å². The predicted molar refractivity (Wildman–Crippen MR) is 338 cm³/mol. The molecule has 100 heavy (non-hydrogen) atoms. The van der Waals surface area contributed by atoms with Gasteiger partial charge in [-0.15, -0.1) is 42.3 Å². The Labute approximate surface area is 580 Å². The van der Waals surface area contributed by atoms with Gasteiger partial charge in [-0.05, 0) is 27.7 Å². The molecular weight excluding hydrogens is 1460 g/mol. The van der Waals surface area contributed by atoms with Gasteiger partial charge in [0.05, 0.1) is 86.2 Å². The van der Waals surface area contributed by atoms with Crippen molar-refractivity contribution in [2.24, 2.45) is 36.2 Å². The zero-order valence-corrected chi connectivity index (χ0v) is 57.9. The average molecular weight is 1530 g/mol. The van der Waals surface area contributed by atoms with Crippen LogP contribution in [0.5, 0.6) is 0 Å². The van der Waals surface area contributed by atoms with Crippen LogP contribution in [0.4, 0.5) is 42.9 Å². The maximum Gasteiger partial charge on any atom is 0.350 e. The minimum Gasteiger partial charge on any atom is -0.726 e. The molecule has 8 heterocycles. The number of anilines is 6. The summed E-state index contributed by atoms with van der Waals surface area (Å²) in [7, 11) is -6.60. The second kappa shape index (κ2) is 33.4. The standard InChI is InChI=1S/2C24H31N11O8S2.2H2O4S/c2*1-24(2,21(40)41)43-31-14(17-30-22(27)45-32-17)13(36)6-11-18(37)35-15(20(38)39)10(9-44-19(11)35)7-34-8-12(16(26)33(34)3)29-23(42)28-5-4-25;2*1-5(2,3)4/h2*8,11,19,26H,4-7,9,25H2,1-3H3,(H6,27,28,29,30,32,38,39,40,41,42);2*(H2,1,2,3,4)/b2*31-14+;;/t2*11-,19?;;/m11../s1. The summed E-state index contributed by atoms with van der Waals surface area (Å²) in [5.41, 5.74) is 27.0. The zero-order valence-electron chi connectivity index (χ0n) is 53.0. The first-order valence-electron chi connectivity index (χ1n) is 28.1. The number of urea groups is 2. The highest BCUT2D eigenvalue weighted by Crippen LogP contribution is 2.47. The van der Waals surface area contributed by atoms with E-state index in [1.54, 1.807) is 23.5 Å². The summed E-state index contributed by atoms with van der Waals surface area (Å²) in [4.78, 5) is 145. The Morgan fingerprint density at radius 2 is 0.970 bits per heavy atom. The van der Waals surface area contributed by atoms with Crippen molar-refractivity contribution in [3.63, 3.8) is 0 Å². The lowest BCUT2D eigenvalue weighted by Gasteiger charge is -2.50. The van der Waals surface area contributed by atoms with Crippen molar-refractivity contribution in [2.45, 2.75) is 75.6 Å². The highest BCUT2D eigenvalue weighted by Gasteiger charge is 2.55. The van der Waals surface area contributed by atoms with Crippen LogP contribution in [-0.4, -0.2) is 214 Å². The molecule has 22 N–H and O–H groups in total. The number of hydrogen-bond donors (Lipinski definition) is 14. The molecule has 4 aliphatic rings. The van der Waals surface area contributed by atoms with Gasteiger partial charge >= 0.3 is 24.0 Å². The number of nitrogen functional groups attached to an aromatic ring is 4. The van der Waals surface area contributed by atoms with Crippen LogP contribution in [0.15, 0.2) is 45.2 Å². The van der Waals surface area contributed by atoms with Gasteiger partial charge in [0.1, 0.15) is 0 Å². The zero-order chi connectivity index (χ0) is 75.4. The van der Waals surface area contributed by atoms with E-state index >= 15 is 0 Å². The third kappa shape index (κ3) is 21.1. The largest absolute Gasteiger partial charge is 0.726 e. The molecule has 548 valence electrons. The predicted octanol–water partition coefficient (Wildman–Crippen LogP) is -9.05. The quantitative estimate of drug-likeness (QED) is 0.00693. The Hall–Kier alpha value is -9.78. The molecule has 0 spiro atoms. The van der Waals surface area contributed by atoms with E-state index in [1.165, 1.54) is 73.0 Å². The van der Waals surface area contributed by atoms with Gasteiger partial charge in [0.25, 0.3) is 0 Å². The van der Waals surface area contributed by atoms with Crippen LogP contribution >= 0.6 is 46.6 Å². The monoisotopic (exact) mass is 1530 g/mol. The molecule has 6 amide bonds. The molecular formula is C48H66N22O24S6. The first-order valence-corrected chi connectivity index (χ1v) is 34.4. The number of carboxylic acid groups (broad SMARTS) is 4. The van der Waals surface area contributed by atoms with Gasteiger partial charge in [0, 0.05) is 58.6 Å². The number of rotatable bonds is 26. The van der Waals surface area contributed by atoms with Crippen LogP contribution in [0.1, 0.15) is 52.2 Å². The maximum absolute atomic E-state index is 13.3. The number of ketones is 2. The molecule has 2 saturated heterocycles. The van der Waals surface area contributed by atoms with Gasteiger partial charge in [0.15, 0.2) is 69.4 Å². The van der Waals surface area contributed by atoms with Crippen LogP contribution in [0, 0.1) is 11.8 Å². The molecule has 0 aromatic carbocycles. The summed E-state index contributed by atoms with van der Waals surface area (Å²) in [5, 5.41) is 59.8. The number of fused-ring (bicyclic) bond motifs is 2. The molecule has 2 unspecified atom stereocenters. The van der Waals surface area contributed by atoms with Crippen LogP contribution in [0.2, 0.25) is 0 Å². The van der Waals surface area contributed by atoms with Gasteiger partial charge in [0.2, 0.25) is 67.9 Å². The first-order chi connectivity index (χ1) is 46.3. The van der Waals surface area contributed by atoms with Crippen LogP contribution < -0.4 is 75.2 Å². The second-order valence-corrected chi connectivity index (χ2v) is 27.3. The molecule has 2 fully saturated rings. The van der Waals surface area contributed by atoms with Crippen LogP contribution in [-0.2, 0) is 96.0 Å². The van der Waals surface area contributed by atoms with E-state index in [0.29, 0.717) is 48.7 Å². The fraction of sp³-hybridized carbons (Fsp3) is 0.458. The number of nitrogens with one attached hydrogen (secondary N) is 4. The van der Waals surface area contributed by atoms with Crippen molar-refractivity contribution in [1.82, 2.24) is 48.5 Å². The number of oxime groups is 2. The van der Waals surface area contributed by atoms with Crippen molar-refractivity contribution in [3.8, 4) is 0 Å². The van der Waals surface area contributed by atoms with Gasteiger partial charge in [-0.2, -0.15) is 18.7 Å². The van der Waals surface area contributed by atoms with E-state index in [4.69, 9.17) is 67.7 Å². The summed E-state index contributed by atoms with van der Waals surface area (Å²) < 4.78 is 79.8. The van der Waals surface area contributed by atoms with Gasteiger partial charge in [-0.1, -0.05) is 10.3 Å². The lowest BCUT2D eigenvalue weighted by atomic mass is 9.89. The van der Waals surface area contributed by atoms with E-state index in [0.717, 1.165) is 32.9 Å². The molecule has 0 saturated carbocycles. The maximum atomic E-state index is 13.3. The number of aromatic nitrogens is 8. The summed E-state index contributed by atoms with van der Waals surface area (Å²) in [6, 6.07) is -0.972. The Balaban J connectivity index is 0.000000317. The minimum absolute atomic E-state index is 0.00368. The third-order valence-corrected chi connectivity index (χ3v) is 17.7. The normalized spacial score (nSPS) is 17.6. The molecule has 52 heteroatoms. The number of nitrogens with zero attached hydrogens (tertiary/aromatic N) is 12. The average Bonchev–Trinajstić information content (AvgIpc) is 0.777. The Morgan fingerprint density at radius 3 is 1.24 bits per heavy atom. The Kier molecular flexibility index (Phi) is 27.0. The third-order valence-electron chi connectivity index (χ3n) is 13.8. The van der Waals surface area contributed by atoms with Gasteiger partial charge in [-0.25, -0.2) is 36.0 Å². The SMILES string of the molecule is Cn1c(N)c(NC(=O)NCC[NH3+])c[n+]1CC1=C(C(=O)[O-])N2C(=O)[C@@H](CC(=O)/C(=N\OC(C)(C)C(=O)O)c3nsc(N)n3)C2SC1.Cn1c(N)c(NC(=O)NCC[NH3+])c[n+]1CC1=C(C(=O)[O-])N2C(=O)[C@@H](CC(=O)/C(=N\OC(C)(C)C(=O)O)c3nsc(N)n3)C2SC1.O=S(=O)([O-])O.O=S(=O)([O-])O. The number of carbonyl (C=O) groups excluding carboxylic acids is 8. The highest BCUT2D eigenvalue weighted by atomic mass is 32.3. The van der Waals surface area contributed by atoms with E-state index in [2.05, 4.69) is 61.8 Å². The molecule has 4 aromatic rings. The van der Waals surface area contributed by atoms with E-state index in [9.17, 15) is 68.4 Å². The number of nitrogens with two attached hydrogens (primary N) is 4. The van der Waals surface area contributed by atoms with Crippen molar-refractivity contribution in [1.29, 1.82) is 0 Å². The fourth-order valence-corrected chi connectivity index (χ4v) is 12.5. The fourth-order valence-electron chi connectivity index (χ4n) is 8.79. The number of carbonyl (C=O) groups is 10. The lowest BCUT2D eigenvalue weighted by Crippen LogP contribution is -2.63. The number of carboxylic acids is 4. The first kappa shape index (κ1) is 80.9. The molecule has 0 radical (unpaired) electrons. The number of amides is 6. The van der Waals surface area contributed by atoms with E-state index in [-0.39, 0.29) is 69.5 Å². The molecule has 0 aliphatic carbocycles. The van der Waals surface area contributed by atoms with Gasteiger partial charge in [-0.3, -0.25) is 48.7 Å². The Bertz CT molecular complexity index is 3960. The number of β-lactam (4-membered cyclic amide) rings is 2. The number of Topliss-reactive ketones (excluding diaryl/α,β-unsaturated/α-hetero) is 2. The molecule has 4 aliphatic heterocycles. The second-order valence-electron chi connectivity index (χ2n) is 21.8. The molecule has 0 bridgehead atoms. The lowest BCUT2D eigenvalue weighted by molar-refractivity contribution is -0.765. The number of thioether (sulfide) groups is 2. The molecule has 4 atom stereocenters. The molecule has 4 aromatic heterocycles. The van der Waals surface area contributed by atoms with Crippen molar-refractivity contribution >= 4 is 171 Å². The molecule has 46 nitrogen and oxygen atoms in total. The number of hydrogen-bond acceptors (Lipinski definition) is 34. The van der Waals surface area contributed by atoms with Crippen LogP contribution in [0.3, 0.4) is 0 Å². The number of aliphatic carboxylic acids is 4. The highest BCUT2D eigenvalue weighted by molar-refractivity contribution is 8.00. The summed E-state index contributed by atoms with van der Waals surface area (Å²) >= 11 is 4.06. The topological polar surface area (TPSA) is 738 Å². The van der Waals surface area contributed by atoms with Crippen molar-refractivity contribution < 1.29 is 134 Å². The van der Waals surface area contributed by atoms with Crippen molar-refractivity contribution in [2.75, 3.05) is 71.3 Å². The van der Waals surface area contributed by atoms with Gasteiger partial charge < -0.3 is 93.8 Å². The van der Waals surface area contributed by atoms with E-state index in [1.807, 2.05) is 0 Å². The van der Waals surface area contributed by atoms with E-state index < -0.39 is 138 Å². The smallest absolute Gasteiger partial charge is 0.350 e. The molecule has 8 rings (SSSR count). The van der Waals surface area contributed by atoms with Crippen LogP contribution in [0.25, 0.3) is 0 Å². The minimum atomic E-state index is -4.92. The summed E-state index contributed by atoms with van der Waals surface area (Å²) in [5.74, 6) is -10.1. The Morgan fingerprint density at radius 1 is 0.650 bits per heavy atom. The summed E-state index contributed by atoms with van der Waals surface area (Å²) in [6.45, 7) is 6.61. The number of quaternary nitrogens is 2. The summed E-state index contributed by atoms with van der Waals surface area (Å²) in [6.07, 6.45) is 2.24.